The maximum Gasteiger partial charge on any atom is 0.324 e. The molecule has 1 aromatic heterocycles. The lowest BCUT2D eigenvalue weighted by atomic mass is 9.90. The van der Waals surface area contributed by atoms with Gasteiger partial charge in [0.1, 0.15) is 5.82 Å². The van der Waals surface area contributed by atoms with Gasteiger partial charge in [-0.15, -0.1) is 0 Å². The molecule has 0 atom stereocenters. The van der Waals surface area contributed by atoms with Gasteiger partial charge in [0.25, 0.3) is 5.91 Å². The summed E-state index contributed by atoms with van der Waals surface area (Å²) in [4.78, 5) is 26.5. The molecule has 3 aromatic rings. The fourth-order valence-electron chi connectivity index (χ4n) is 3.77. The van der Waals surface area contributed by atoms with Crippen LogP contribution in [0.4, 0.5) is 16.3 Å². The van der Waals surface area contributed by atoms with Crippen LogP contribution in [0, 0.1) is 5.92 Å². The third kappa shape index (κ3) is 5.05. The van der Waals surface area contributed by atoms with Gasteiger partial charge >= 0.3 is 6.03 Å². The number of nitrogens with one attached hydrogen (secondary N) is 3. The van der Waals surface area contributed by atoms with Crippen molar-refractivity contribution in [1.82, 2.24) is 15.1 Å². The molecule has 0 radical (unpaired) electrons. The van der Waals surface area contributed by atoms with E-state index in [1.54, 1.807) is 12.3 Å². The Balaban J connectivity index is 1.24. The molecule has 1 fully saturated rings. The number of hydrogen-bond donors (Lipinski definition) is 3. The standard InChI is InChI=1S/C23H25N5O2/c29-22(19-4-2-1-3-5-19)28-14-11-18(12-15-28)16-17-6-8-20(9-7-17)25-23(30)26-21-10-13-24-27-21/h1-10,13,18H,11-12,14-16H2,(H3,24,25,26,27,30). The van der Waals surface area contributed by atoms with Crippen LogP contribution in [0.2, 0.25) is 0 Å². The summed E-state index contributed by atoms with van der Waals surface area (Å²) in [5.41, 5.74) is 2.73. The van der Waals surface area contributed by atoms with Gasteiger partial charge in [0.15, 0.2) is 0 Å². The zero-order valence-electron chi connectivity index (χ0n) is 16.7. The first-order valence-electron chi connectivity index (χ1n) is 10.2. The van der Waals surface area contributed by atoms with Gasteiger partial charge in [0.2, 0.25) is 0 Å². The molecule has 3 N–H and O–H groups in total. The highest BCUT2D eigenvalue weighted by Crippen LogP contribution is 2.23. The molecular formula is C23H25N5O2. The maximum atomic E-state index is 12.6. The van der Waals surface area contributed by atoms with Gasteiger partial charge in [-0.25, -0.2) is 4.79 Å². The van der Waals surface area contributed by atoms with E-state index in [0.29, 0.717) is 11.7 Å². The molecule has 0 unspecified atom stereocenters. The second kappa shape index (κ2) is 9.26. The van der Waals surface area contributed by atoms with Crippen molar-refractivity contribution in [3.63, 3.8) is 0 Å². The van der Waals surface area contributed by atoms with E-state index >= 15 is 0 Å². The molecule has 3 amide bonds. The van der Waals surface area contributed by atoms with Crippen molar-refractivity contribution in [2.45, 2.75) is 19.3 Å². The van der Waals surface area contributed by atoms with E-state index in [0.717, 1.165) is 43.6 Å². The number of anilines is 2. The van der Waals surface area contributed by atoms with Crippen molar-refractivity contribution in [1.29, 1.82) is 0 Å². The number of rotatable bonds is 5. The fraction of sp³-hybridized carbons (Fsp3) is 0.261. The number of benzene rings is 2. The van der Waals surface area contributed by atoms with E-state index in [2.05, 4.69) is 20.8 Å². The predicted octanol–water partition coefficient (Wildman–Crippen LogP) is 4.15. The average Bonchev–Trinajstić information content (AvgIpc) is 3.29. The zero-order valence-corrected chi connectivity index (χ0v) is 16.7. The number of aromatic nitrogens is 2. The Morgan fingerprint density at radius 3 is 2.37 bits per heavy atom. The summed E-state index contributed by atoms with van der Waals surface area (Å²) in [6.45, 7) is 1.59. The summed E-state index contributed by atoms with van der Waals surface area (Å²) < 4.78 is 0. The molecule has 7 nitrogen and oxygen atoms in total. The Hall–Kier alpha value is -3.61. The van der Waals surface area contributed by atoms with Crippen LogP contribution in [0.25, 0.3) is 0 Å². The molecule has 0 aliphatic carbocycles. The monoisotopic (exact) mass is 403 g/mol. The highest BCUT2D eigenvalue weighted by molar-refractivity contribution is 5.99. The van der Waals surface area contributed by atoms with Crippen LogP contribution in [0.1, 0.15) is 28.8 Å². The third-order valence-electron chi connectivity index (χ3n) is 5.41. The maximum absolute atomic E-state index is 12.6. The van der Waals surface area contributed by atoms with Crippen LogP contribution < -0.4 is 10.6 Å². The molecule has 1 aliphatic heterocycles. The van der Waals surface area contributed by atoms with Crippen LogP contribution in [0.3, 0.4) is 0 Å². The molecule has 30 heavy (non-hydrogen) atoms. The van der Waals surface area contributed by atoms with E-state index in [9.17, 15) is 9.59 Å². The molecule has 4 rings (SSSR count). The molecule has 7 heteroatoms. The molecule has 2 aromatic carbocycles. The Kier molecular flexibility index (Phi) is 6.08. The number of aromatic amines is 1. The molecule has 0 bridgehead atoms. The number of urea groups is 1. The lowest BCUT2D eigenvalue weighted by Crippen LogP contribution is -2.38. The normalized spacial score (nSPS) is 14.3. The van der Waals surface area contributed by atoms with Gasteiger partial charge in [-0.05, 0) is 55.0 Å². The lowest BCUT2D eigenvalue weighted by Gasteiger charge is -2.32. The molecule has 0 spiro atoms. The minimum Gasteiger partial charge on any atom is -0.339 e. The van der Waals surface area contributed by atoms with Gasteiger partial charge in [0.05, 0.1) is 6.20 Å². The predicted molar refractivity (Wildman–Crippen MR) is 116 cm³/mol. The van der Waals surface area contributed by atoms with Crippen LogP contribution in [-0.4, -0.2) is 40.1 Å². The van der Waals surface area contributed by atoms with Crippen LogP contribution in [0.15, 0.2) is 66.9 Å². The Labute approximate surface area is 175 Å². The van der Waals surface area contributed by atoms with E-state index in [-0.39, 0.29) is 11.9 Å². The third-order valence-corrected chi connectivity index (χ3v) is 5.41. The number of hydrogen-bond acceptors (Lipinski definition) is 3. The minimum absolute atomic E-state index is 0.123. The highest BCUT2D eigenvalue weighted by atomic mass is 16.2. The highest BCUT2D eigenvalue weighted by Gasteiger charge is 2.23. The van der Waals surface area contributed by atoms with Crippen molar-refractivity contribution in [2.24, 2.45) is 5.92 Å². The quantitative estimate of drug-likeness (QED) is 0.598. The molecule has 1 aliphatic rings. The van der Waals surface area contributed by atoms with Crippen molar-refractivity contribution >= 4 is 23.4 Å². The number of carbonyl (C=O) groups is 2. The number of H-pyrrole nitrogens is 1. The lowest BCUT2D eigenvalue weighted by molar-refractivity contribution is 0.0690. The van der Waals surface area contributed by atoms with Crippen molar-refractivity contribution in [3.05, 3.63) is 78.0 Å². The Bertz CT molecular complexity index is 963. The van der Waals surface area contributed by atoms with Crippen molar-refractivity contribution < 1.29 is 9.59 Å². The molecule has 2 heterocycles. The van der Waals surface area contributed by atoms with Gasteiger partial charge < -0.3 is 10.2 Å². The number of piperidine rings is 1. The number of likely N-dealkylation sites (tertiary alicyclic amines) is 1. The van der Waals surface area contributed by atoms with E-state index in [1.165, 1.54) is 5.56 Å². The first kappa shape index (κ1) is 19.7. The fourth-order valence-corrected chi connectivity index (χ4v) is 3.77. The van der Waals surface area contributed by atoms with E-state index < -0.39 is 0 Å². The topological polar surface area (TPSA) is 90.1 Å². The molecular weight excluding hydrogens is 378 g/mol. The van der Waals surface area contributed by atoms with Crippen molar-refractivity contribution in [3.8, 4) is 0 Å². The van der Waals surface area contributed by atoms with Crippen LogP contribution >= 0.6 is 0 Å². The molecule has 154 valence electrons. The summed E-state index contributed by atoms with van der Waals surface area (Å²) >= 11 is 0. The minimum atomic E-state index is -0.317. The van der Waals surface area contributed by atoms with E-state index in [4.69, 9.17) is 0 Å². The van der Waals surface area contributed by atoms with Gasteiger partial charge in [0, 0.05) is 30.4 Å². The largest absolute Gasteiger partial charge is 0.339 e. The van der Waals surface area contributed by atoms with Crippen LogP contribution in [0.5, 0.6) is 0 Å². The smallest absolute Gasteiger partial charge is 0.324 e. The summed E-state index contributed by atoms with van der Waals surface area (Å²) in [6, 6.07) is 18.8. The van der Waals surface area contributed by atoms with Crippen molar-refractivity contribution in [2.75, 3.05) is 23.7 Å². The van der Waals surface area contributed by atoms with Crippen LogP contribution in [-0.2, 0) is 6.42 Å². The number of amides is 3. The summed E-state index contributed by atoms with van der Waals surface area (Å²) in [6.07, 6.45) is 4.57. The number of nitrogens with zero attached hydrogens (tertiary/aromatic N) is 2. The van der Waals surface area contributed by atoms with Gasteiger partial charge in [-0.1, -0.05) is 30.3 Å². The Morgan fingerprint density at radius 2 is 1.70 bits per heavy atom. The summed E-state index contributed by atoms with van der Waals surface area (Å²) in [5, 5.41) is 11.9. The summed E-state index contributed by atoms with van der Waals surface area (Å²) in [7, 11) is 0. The Morgan fingerprint density at radius 1 is 0.967 bits per heavy atom. The van der Waals surface area contributed by atoms with Gasteiger partial charge in [-0.2, -0.15) is 5.10 Å². The second-order valence-corrected chi connectivity index (χ2v) is 7.55. The molecule has 1 saturated heterocycles. The first-order valence-corrected chi connectivity index (χ1v) is 10.2. The average molecular weight is 403 g/mol. The second-order valence-electron chi connectivity index (χ2n) is 7.55. The number of carbonyl (C=O) groups excluding carboxylic acids is 2. The molecule has 0 saturated carbocycles. The zero-order chi connectivity index (χ0) is 20.8. The SMILES string of the molecule is O=C(Nc1ccc(CC2CCN(C(=O)c3ccccc3)CC2)cc1)Nc1ccn[nH]1. The first-order chi connectivity index (χ1) is 14.7. The van der Waals surface area contributed by atoms with E-state index in [1.807, 2.05) is 59.5 Å². The van der Waals surface area contributed by atoms with Gasteiger partial charge in [-0.3, -0.25) is 15.2 Å². The summed E-state index contributed by atoms with van der Waals surface area (Å²) in [5.74, 6) is 1.23.